The number of aliphatic carboxylic acids is 1. The fourth-order valence-electron chi connectivity index (χ4n) is 3.43. The van der Waals surface area contributed by atoms with Gasteiger partial charge in [0.15, 0.2) is 0 Å². The van der Waals surface area contributed by atoms with Gasteiger partial charge < -0.3 is 15.0 Å². The number of carboxylic acid groups (broad SMARTS) is 1. The van der Waals surface area contributed by atoms with Gasteiger partial charge >= 0.3 is 5.97 Å². The molecule has 7 nitrogen and oxygen atoms in total. The van der Waals surface area contributed by atoms with Crippen molar-refractivity contribution in [3.8, 4) is 0 Å². The maximum absolute atomic E-state index is 12.8. The van der Waals surface area contributed by atoms with E-state index in [1.165, 1.54) is 11.1 Å². The summed E-state index contributed by atoms with van der Waals surface area (Å²) in [5.41, 5.74) is -0.412. The predicted octanol–water partition coefficient (Wildman–Crippen LogP) is 2.31. The predicted molar refractivity (Wildman–Crippen MR) is 96.1 cm³/mol. The lowest BCUT2D eigenvalue weighted by Gasteiger charge is -2.39. The summed E-state index contributed by atoms with van der Waals surface area (Å²) in [4.78, 5) is 45.5. The molecule has 0 aromatic carbocycles. The molecule has 140 valence electrons. The maximum Gasteiger partial charge on any atom is 0.311 e. The second-order valence-corrected chi connectivity index (χ2v) is 7.69. The van der Waals surface area contributed by atoms with Crippen molar-refractivity contribution >= 4 is 11.9 Å². The molecule has 0 bridgehead atoms. The van der Waals surface area contributed by atoms with Crippen molar-refractivity contribution in [3.05, 3.63) is 39.6 Å². The summed E-state index contributed by atoms with van der Waals surface area (Å²) in [6, 6.07) is 0. The molecule has 26 heavy (non-hydrogen) atoms. The number of nitrogens with one attached hydrogen (secondary N) is 1. The molecule has 1 atom stereocenters. The number of hydrogen-bond donors (Lipinski definition) is 2. The first-order chi connectivity index (χ1) is 12.3. The Morgan fingerprint density at radius 1 is 1.42 bits per heavy atom. The van der Waals surface area contributed by atoms with Gasteiger partial charge in [0.1, 0.15) is 11.4 Å². The molecule has 0 radical (unpaired) electrons. The van der Waals surface area contributed by atoms with Gasteiger partial charge in [0.05, 0.1) is 5.41 Å². The summed E-state index contributed by atoms with van der Waals surface area (Å²) >= 11 is 0. The van der Waals surface area contributed by atoms with Crippen LogP contribution in [0.2, 0.25) is 0 Å². The molecule has 2 fully saturated rings. The Balaban J connectivity index is 1.82. The van der Waals surface area contributed by atoms with E-state index in [-0.39, 0.29) is 12.1 Å². The molecule has 1 amide bonds. The maximum atomic E-state index is 12.8. The number of rotatable bonds is 5. The zero-order valence-corrected chi connectivity index (χ0v) is 15.2. The van der Waals surface area contributed by atoms with Gasteiger partial charge in [-0.15, -0.1) is 0 Å². The highest BCUT2D eigenvalue weighted by Gasteiger charge is 2.43. The second kappa shape index (κ2) is 7.05. The van der Waals surface area contributed by atoms with E-state index >= 15 is 0 Å². The number of carbonyl (C=O) groups excluding carboxylic acids is 1. The summed E-state index contributed by atoms with van der Waals surface area (Å²) in [6.45, 7) is 4.41. The van der Waals surface area contributed by atoms with E-state index in [2.05, 4.69) is 9.97 Å². The molecule has 0 spiro atoms. The highest BCUT2D eigenvalue weighted by molar-refractivity contribution is 5.94. The molecule has 1 saturated carbocycles. The number of H-pyrrole nitrogens is 1. The van der Waals surface area contributed by atoms with Gasteiger partial charge in [-0.25, -0.2) is 4.98 Å². The number of hydrogen-bond acceptors (Lipinski definition) is 4. The van der Waals surface area contributed by atoms with Crippen LogP contribution >= 0.6 is 0 Å². The first-order valence-corrected chi connectivity index (χ1v) is 9.08. The Hall–Kier alpha value is -2.44. The molecule has 1 aromatic heterocycles. The van der Waals surface area contributed by atoms with E-state index in [0.717, 1.165) is 18.4 Å². The molecule has 1 aliphatic carbocycles. The lowest BCUT2D eigenvalue weighted by molar-refractivity contribution is -0.151. The normalized spacial score (nSPS) is 22.8. The molecule has 1 saturated heterocycles. The fourth-order valence-corrected chi connectivity index (χ4v) is 3.43. The molecule has 1 aliphatic heterocycles. The number of carbonyl (C=O) groups is 2. The quantitative estimate of drug-likeness (QED) is 0.785. The Kier molecular flexibility index (Phi) is 4.98. The van der Waals surface area contributed by atoms with Crippen LogP contribution in [-0.4, -0.2) is 44.9 Å². The van der Waals surface area contributed by atoms with E-state index in [9.17, 15) is 19.5 Å². The van der Waals surface area contributed by atoms with E-state index < -0.39 is 22.9 Å². The summed E-state index contributed by atoms with van der Waals surface area (Å²) in [7, 11) is 0. The molecular weight excluding hydrogens is 334 g/mol. The smallest absolute Gasteiger partial charge is 0.311 e. The van der Waals surface area contributed by atoms with Gasteiger partial charge in [-0.3, -0.25) is 14.4 Å². The number of allylic oxidation sites excluding steroid dienone is 2. The highest BCUT2D eigenvalue weighted by Crippen LogP contribution is 2.37. The third kappa shape index (κ3) is 3.71. The average molecular weight is 359 g/mol. The zero-order chi connectivity index (χ0) is 18.9. The first kappa shape index (κ1) is 18.4. The Morgan fingerprint density at radius 2 is 2.15 bits per heavy atom. The summed E-state index contributed by atoms with van der Waals surface area (Å²) in [6.07, 6.45) is 6.75. The zero-order valence-electron chi connectivity index (χ0n) is 15.2. The molecule has 2 heterocycles. The molecule has 1 aromatic rings. The number of nitrogens with zero attached hydrogens (tertiary/aromatic N) is 2. The second-order valence-electron chi connectivity index (χ2n) is 7.69. The van der Waals surface area contributed by atoms with Gasteiger partial charge in [0.25, 0.3) is 11.5 Å². The Morgan fingerprint density at radius 3 is 2.73 bits per heavy atom. The summed E-state index contributed by atoms with van der Waals surface area (Å²) in [5.74, 6) is -0.411. The van der Waals surface area contributed by atoms with Gasteiger partial charge in [0, 0.05) is 25.2 Å². The lowest BCUT2D eigenvalue weighted by atomic mass is 9.76. The van der Waals surface area contributed by atoms with Gasteiger partial charge in [-0.05, 0) is 46.0 Å². The van der Waals surface area contributed by atoms with E-state index in [0.29, 0.717) is 37.5 Å². The Labute approximate surface area is 152 Å². The number of aromatic amines is 1. The van der Waals surface area contributed by atoms with Crippen molar-refractivity contribution in [2.75, 3.05) is 13.1 Å². The van der Waals surface area contributed by atoms with Crippen LogP contribution < -0.4 is 5.56 Å². The molecule has 3 rings (SSSR count). The van der Waals surface area contributed by atoms with Crippen molar-refractivity contribution in [2.45, 2.75) is 51.9 Å². The standard InChI is InChI=1S/C19H25N3O4/c1-12(2)6-8-19(18(25)26)7-3-9-22(11-19)17(24)14-10-20-15(13-4-5-13)21-16(14)23/h6,10,13H,3-5,7-9,11H2,1-2H3,(H,25,26)(H,20,21,23)/t19-/m1/s1. The number of aromatic nitrogens is 2. The van der Waals surface area contributed by atoms with Crippen LogP contribution in [0.3, 0.4) is 0 Å². The molecule has 2 N–H and O–H groups in total. The molecule has 2 aliphatic rings. The SMILES string of the molecule is CC(C)=CC[C@]1(C(=O)O)CCCN(C(=O)c2cnc(C3CC3)[nH]c2=O)C1. The van der Waals surface area contributed by atoms with E-state index in [4.69, 9.17) is 0 Å². The molecular formula is C19H25N3O4. The van der Waals surface area contributed by atoms with Crippen LogP contribution in [0.15, 0.2) is 22.6 Å². The minimum atomic E-state index is -1.00. The number of likely N-dealkylation sites (tertiary alicyclic amines) is 1. The van der Waals surface area contributed by atoms with Crippen LogP contribution in [0.5, 0.6) is 0 Å². The fraction of sp³-hybridized carbons (Fsp3) is 0.579. The largest absolute Gasteiger partial charge is 0.481 e. The van der Waals surface area contributed by atoms with Crippen LogP contribution in [0.1, 0.15) is 68.1 Å². The van der Waals surface area contributed by atoms with Crippen molar-refractivity contribution in [1.82, 2.24) is 14.9 Å². The average Bonchev–Trinajstić information content (AvgIpc) is 3.44. The van der Waals surface area contributed by atoms with Crippen molar-refractivity contribution in [3.63, 3.8) is 0 Å². The minimum Gasteiger partial charge on any atom is -0.481 e. The van der Waals surface area contributed by atoms with Gasteiger partial charge in [0.2, 0.25) is 0 Å². The topological polar surface area (TPSA) is 103 Å². The van der Waals surface area contributed by atoms with Gasteiger partial charge in [-0.1, -0.05) is 11.6 Å². The van der Waals surface area contributed by atoms with Crippen LogP contribution in [0, 0.1) is 5.41 Å². The van der Waals surface area contributed by atoms with Crippen molar-refractivity contribution in [1.29, 1.82) is 0 Å². The Bertz CT molecular complexity index is 805. The number of amides is 1. The number of carboxylic acids is 1. The van der Waals surface area contributed by atoms with Crippen LogP contribution in [0.4, 0.5) is 0 Å². The van der Waals surface area contributed by atoms with Crippen LogP contribution in [-0.2, 0) is 4.79 Å². The molecule has 0 unspecified atom stereocenters. The number of piperidine rings is 1. The summed E-state index contributed by atoms with van der Waals surface area (Å²) < 4.78 is 0. The van der Waals surface area contributed by atoms with E-state index in [1.54, 1.807) is 0 Å². The van der Waals surface area contributed by atoms with Crippen molar-refractivity contribution in [2.24, 2.45) is 5.41 Å². The minimum absolute atomic E-state index is 0.0159. The van der Waals surface area contributed by atoms with E-state index in [1.807, 2.05) is 19.9 Å². The lowest BCUT2D eigenvalue weighted by Crippen LogP contribution is -2.50. The first-order valence-electron chi connectivity index (χ1n) is 9.08. The summed E-state index contributed by atoms with van der Waals surface area (Å²) in [5, 5.41) is 9.78. The highest BCUT2D eigenvalue weighted by atomic mass is 16.4. The molecule has 7 heteroatoms. The third-order valence-electron chi connectivity index (χ3n) is 5.23. The monoisotopic (exact) mass is 359 g/mol. The van der Waals surface area contributed by atoms with Gasteiger partial charge in [-0.2, -0.15) is 0 Å². The third-order valence-corrected chi connectivity index (χ3v) is 5.23. The van der Waals surface area contributed by atoms with Crippen molar-refractivity contribution < 1.29 is 14.7 Å². The van der Waals surface area contributed by atoms with Crippen LogP contribution in [0.25, 0.3) is 0 Å².